The minimum atomic E-state index is 0.247. The Labute approximate surface area is 184 Å². The molecule has 0 N–H and O–H groups in total. The quantitative estimate of drug-likeness (QED) is 0.371. The molecule has 31 heavy (non-hydrogen) atoms. The Bertz CT molecular complexity index is 1130. The first-order valence-electron chi connectivity index (χ1n) is 11.0. The third-order valence-electron chi connectivity index (χ3n) is 6.01. The molecular weight excluding hydrogens is 380 g/mol. The highest BCUT2D eigenvalue weighted by molar-refractivity contribution is 5.35. The molecule has 1 aliphatic rings. The van der Waals surface area contributed by atoms with Crippen LogP contribution in [0.3, 0.4) is 0 Å². The van der Waals surface area contributed by atoms with E-state index in [0.717, 1.165) is 37.6 Å². The van der Waals surface area contributed by atoms with Crippen LogP contribution < -0.4 is 4.74 Å². The zero-order valence-electron chi connectivity index (χ0n) is 17.9. The lowest BCUT2D eigenvalue weighted by Gasteiger charge is -2.31. The van der Waals surface area contributed by atoms with E-state index in [4.69, 9.17) is 4.74 Å². The molecule has 1 atom stereocenters. The molecular formula is C28H28N2O. The lowest BCUT2D eigenvalue weighted by Crippen LogP contribution is -2.29. The van der Waals surface area contributed by atoms with E-state index in [2.05, 4.69) is 77.2 Å². The molecule has 2 heterocycles. The van der Waals surface area contributed by atoms with Crippen LogP contribution in [0.5, 0.6) is 11.5 Å². The van der Waals surface area contributed by atoms with E-state index in [1.165, 1.54) is 22.4 Å². The largest absolute Gasteiger partial charge is 0.457 e. The second-order valence-corrected chi connectivity index (χ2v) is 8.33. The number of nitrogens with zero attached hydrogens (tertiary/aromatic N) is 2. The van der Waals surface area contributed by atoms with Crippen molar-refractivity contribution in [3.8, 4) is 11.5 Å². The maximum atomic E-state index is 6.08. The third kappa shape index (κ3) is 4.42. The molecule has 3 aromatic carbocycles. The van der Waals surface area contributed by atoms with Gasteiger partial charge in [0.25, 0.3) is 0 Å². The van der Waals surface area contributed by atoms with Crippen LogP contribution in [0.15, 0.2) is 97.2 Å². The fourth-order valence-corrected chi connectivity index (χ4v) is 4.51. The first-order valence-corrected chi connectivity index (χ1v) is 11.0. The molecule has 1 aliphatic heterocycles. The number of aromatic nitrogens is 1. The normalized spacial score (nSPS) is 16.5. The monoisotopic (exact) mass is 408 g/mol. The van der Waals surface area contributed by atoms with Crippen LogP contribution in [-0.2, 0) is 13.1 Å². The molecule has 0 bridgehead atoms. The molecule has 0 fully saturated rings. The van der Waals surface area contributed by atoms with Crippen LogP contribution in [-0.4, -0.2) is 16.0 Å². The second kappa shape index (κ2) is 8.83. The Morgan fingerprint density at radius 1 is 0.806 bits per heavy atom. The Hall–Kier alpha value is -3.30. The van der Waals surface area contributed by atoms with Gasteiger partial charge in [0.05, 0.1) is 6.04 Å². The molecule has 0 aliphatic carbocycles. The number of ether oxygens (including phenoxy) is 1. The smallest absolute Gasteiger partial charge is 0.127 e. The van der Waals surface area contributed by atoms with Crippen molar-refractivity contribution in [3.05, 3.63) is 120 Å². The molecule has 4 aromatic rings. The number of hydrogen-bond acceptors (Lipinski definition) is 2. The van der Waals surface area contributed by atoms with Crippen molar-refractivity contribution in [2.24, 2.45) is 0 Å². The molecule has 0 amide bonds. The van der Waals surface area contributed by atoms with E-state index >= 15 is 0 Å². The third-order valence-corrected chi connectivity index (χ3v) is 6.01. The van der Waals surface area contributed by atoms with Crippen molar-refractivity contribution >= 4 is 0 Å². The van der Waals surface area contributed by atoms with Gasteiger partial charge in [0.2, 0.25) is 0 Å². The SMILES string of the molecule is Cc1ccc(C2c3cccn3CCCN2Cc2cccc(Oc3ccccc3)c2)cc1. The van der Waals surface area contributed by atoms with E-state index in [0.29, 0.717) is 0 Å². The van der Waals surface area contributed by atoms with Gasteiger partial charge in [-0.15, -0.1) is 0 Å². The van der Waals surface area contributed by atoms with Crippen molar-refractivity contribution in [2.75, 3.05) is 6.54 Å². The van der Waals surface area contributed by atoms with Gasteiger partial charge in [-0.1, -0.05) is 60.2 Å². The number of aryl methyl sites for hydroxylation is 2. The zero-order valence-corrected chi connectivity index (χ0v) is 17.9. The summed E-state index contributed by atoms with van der Waals surface area (Å²) >= 11 is 0. The van der Waals surface area contributed by atoms with Crippen LogP contribution in [0.25, 0.3) is 0 Å². The lowest BCUT2D eigenvalue weighted by molar-refractivity contribution is 0.220. The van der Waals surface area contributed by atoms with Gasteiger partial charge in [-0.25, -0.2) is 0 Å². The van der Waals surface area contributed by atoms with Gasteiger partial charge in [-0.05, 0) is 60.9 Å². The summed E-state index contributed by atoms with van der Waals surface area (Å²) in [6.45, 7) is 5.16. The van der Waals surface area contributed by atoms with Gasteiger partial charge in [0.1, 0.15) is 11.5 Å². The fraction of sp³-hybridized carbons (Fsp3) is 0.214. The molecule has 0 spiro atoms. The average Bonchev–Trinajstić information content (AvgIpc) is 3.17. The van der Waals surface area contributed by atoms with Gasteiger partial charge in [-0.2, -0.15) is 0 Å². The van der Waals surface area contributed by atoms with Crippen molar-refractivity contribution in [3.63, 3.8) is 0 Å². The molecule has 3 heteroatoms. The van der Waals surface area contributed by atoms with Crippen LogP contribution in [0.4, 0.5) is 0 Å². The maximum absolute atomic E-state index is 6.08. The number of hydrogen-bond donors (Lipinski definition) is 0. The molecule has 5 rings (SSSR count). The van der Waals surface area contributed by atoms with E-state index in [9.17, 15) is 0 Å². The summed E-state index contributed by atoms with van der Waals surface area (Å²) in [6, 6.07) is 32.2. The van der Waals surface area contributed by atoms with Crippen LogP contribution in [0.1, 0.15) is 34.8 Å². The minimum absolute atomic E-state index is 0.247. The number of benzene rings is 3. The van der Waals surface area contributed by atoms with Gasteiger partial charge < -0.3 is 9.30 Å². The molecule has 156 valence electrons. The highest BCUT2D eigenvalue weighted by Gasteiger charge is 2.27. The number of para-hydroxylation sites is 1. The number of rotatable bonds is 5. The molecule has 0 saturated carbocycles. The van der Waals surface area contributed by atoms with Gasteiger partial charge >= 0.3 is 0 Å². The van der Waals surface area contributed by atoms with Crippen LogP contribution >= 0.6 is 0 Å². The van der Waals surface area contributed by atoms with E-state index in [1.54, 1.807) is 0 Å². The van der Waals surface area contributed by atoms with Gasteiger partial charge in [0.15, 0.2) is 0 Å². The highest BCUT2D eigenvalue weighted by Crippen LogP contribution is 2.33. The van der Waals surface area contributed by atoms with Gasteiger partial charge in [0, 0.05) is 31.5 Å². The fourth-order valence-electron chi connectivity index (χ4n) is 4.51. The predicted octanol–water partition coefficient (Wildman–Crippen LogP) is 6.58. The summed E-state index contributed by atoms with van der Waals surface area (Å²) in [5, 5.41) is 0. The summed E-state index contributed by atoms with van der Waals surface area (Å²) in [6.07, 6.45) is 3.36. The zero-order chi connectivity index (χ0) is 21.0. The van der Waals surface area contributed by atoms with Gasteiger partial charge in [-0.3, -0.25) is 4.90 Å². The molecule has 0 radical (unpaired) electrons. The van der Waals surface area contributed by atoms with E-state index in [1.807, 2.05) is 36.4 Å². The minimum Gasteiger partial charge on any atom is -0.457 e. The molecule has 0 saturated heterocycles. The first kappa shape index (κ1) is 19.7. The Morgan fingerprint density at radius 2 is 1.61 bits per heavy atom. The van der Waals surface area contributed by atoms with Crippen LogP contribution in [0, 0.1) is 6.92 Å². The average molecular weight is 409 g/mol. The van der Waals surface area contributed by atoms with Crippen LogP contribution in [0.2, 0.25) is 0 Å². The molecule has 3 nitrogen and oxygen atoms in total. The summed E-state index contributed by atoms with van der Waals surface area (Å²) in [7, 11) is 0. The Morgan fingerprint density at radius 3 is 2.45 bits per heavy atom. The van der Waals surface area contributed by atoms with Crippen molar-refractivity contribution in [1.29, 1.82) is 0 Å². The van der Waals surface area contributed by atoms with Crippen molar-refractivity contribution in [2.45, 2.75) is 32.5 Å². The topological polar surface area (TPSA) is 17.4 Å². The Kier molecular flexibility index (Phi) is 5.59. The van der Waals surface area contributed by atoms with Crippen molar-refractivity contribution in [1.82, 2.24) is 9.47 Å². The van der Waals surface area contributed by atoms with E-state index < -0.39 is 0 Å². The lowest BCUT2D eigenvalue weighted by atomic mass is 10.00. The maximum Gasteiger partial charge on any atom is 0.127 e. The summed E-state index contributed by atoms with van der Waals surface area (Å²) < 4.78 is 8.49. The summed E-state index contributed by atoms with van der Waals surface area (Å²) in [5.74, 6) is 1.75. The first-order chi connectivity index (χ1) is 15.3. The Balaban J connectivity index is 1.44. The summed E-state index contributed by atoms with van der Waals surface area (Å²) in [4.78, 5) is 2.60. The highest BCUT2D eigenvalue weighted by atomic mass is 16.5. The van der Waals surface area contributed by atoms with E-state index in [-0.39, 0.29) is 6.04 Å². The molecule has 1 unspecified atom stereocenters. The predicted molar refractivity (Wildman–Crippen MR) is 125 cm³/mol. The molecule has 1 aromatic heterocycles. The van der Waals surface area contributed by atoms with Crippen molar-refractivity contribution < 1.29 is 4.74 Å². The number of fused-ring (bicyclic) bond motifs is 1. The summed E-state index contributed by atoms with van der Waals surface area (Å²) in [5.41, 5.74) is 5.29. The standard InChI is InChI=1S/C28H28N2O/c1-22-13-15-24(16-14-22)28-27-12-6-17-29(27)18-7-19-30(28)21-23-8-5-11-26(20-23)31-25-9-3-2-4-10-25/h2-6,8-17,20,28H,7,18-19,21H2,1H3. The second-order valence-electron chi connectivity index (χ2n) is 8.33.